The van der Waals surface area contributed by atoms with Gasteiger partial charge in [-0.1, -0.05) is 0 Å². The average molecular weight is 102 g/mol. The van der Waals surface area contributed by atoms with Crippen LogP contribution in [0.15, 0.2) is 0 Å². The largest absolute Gasteiger partial charge is 0.396 e. The highest BCUT2D eigenvalue weighted by Gasteiger charge is 1.95. The van der Waals surface area contributed by atoms with E-state index in [4.69, 9.17) is 16.2 Å². The van der Waals surface area contributed by atoms with Crippen LogP contribution in [0.1, 0.15) is 0 Å². The van der Waals surface area contributed by atoms with Gasteiger partial charge < -0.3 is 16.2 Å². The van der Waals surface area contributed by atoms with Crippen LogP contribution in [0.3, 0.4) is 0 Å². The summed E-state index contributed by atoms with van der Waals surface area (Å²) in [5, 5.41) is 14.9. The van der Waals surface area contributed by atoms with E-state index < -0.39 is 0 Å². The quantitative estimate of drug-likeness (QED) is 0.408. The molecule has 0 radical (unpaired) electrons. The first-order valence-electron chi connectivity index (χ1n) is 2.16. The highest BCUT2D eigenvalue weighted by molar-refractivity contribution is 5.57. The topological polar surface area (TPSA) is 70.1 Å². The summed E-state index contributed by atoms with van der Waals surface area (Å²) in [5.41, 5.74) is 5.08. The van der Waals surface area contributed by atoms with Crippen LogP contribution in [0.25, 0.3) is 0 Å². The lowest BCUT2D eigenvalue weighted by molar-refractivity contribution is 0.266. The molecule has 0 aliphatic carbocycles. The maximum atomic E-state index is 8.29. The third-order valence-electron chi connectivity index (χ3n) is 0.773. The molecule has 0 saturated carbocycles. The first-order chi connectivity index (χ1) is 3.35. The summed E-state index contributed by atoms with van der Waals surface area (Å²) in [6, 6.07) is 0. The molecule has 0 aliphatic heterocycles. The average Bonchev–Trinajstić information content (AvgIpc) is 1.72. The molecule has 0 aromatic heterocycles. The van der Waals surface area contributed by atoms with Crippen LogP contribution in [0.5, 0.6) is 0 Å². The van der Waals surface area contributed by atoms with Gasteiger partial charge in [-0.05, 0) is 0 Å². The second-order valence-electron chi connectivity index (χ2n) is 1.35. The van der Waals surface area contributed by atoms with E-state index in [0.29, 0.717) is 6.54 Å². The number of nitrogens with one attached hydrogen (secondary N) is 1. The molecule has 7 heavy (non-hydrogen) atoms. The molecule has 42 valence electrons. The number of hydrogen-bond acceptors (Lipinski definition) is 3. The van der Waals surface area contributed by atoms with E-state index >= 15 is 0 Å². The van der Waals surface area contributed by atoms with Crippen molar-refractivity contribution in [3.05, 3.63) is 0 Å². The molecular weight excluding hydrogens is 92.1 g/mol. The van der Waals surface area contributed by atoms with Crippen molar-refractivity contribution < 1.29 is 5.11 Å². The van der Waals surface area contributed by atoms with Gasteiger partial charge in [0.1, 0.15) is 0 Å². The molecule has 0 aromatic carbocycles. The molecule has 4 N–H and O–H groups in total. The summed E-state index contributed by atoms with van der Waals surface area (Å²) >= 11 is 0. The van der Waals surface area contributed by atoms with Crippen molar-refractivity contribution in [2.24, 2.45) is 11.7 Å². The lowest BCUT2D eigenvalue weighted by atomic mass is 10.2. The van der Waals surface area contributed by atoms with Crippen LogP contribution in [0, 0.1) is 11.3 Å². The Morgan fingerprint density at radius 1 is 1.86 bits per heavy atom. The number of aliphatic hydroxyl groups excluding tert-OH is 1. The highest BCUT2D eigenvalue weighted by Crippen LogP contribution is 1.81. The summed E-state index contributed by atoms with van der Waals surface area (Å²) < 4.78 is 0. The molecule has 3 heteroatoms. The fourth-order valence-electron chi connectivity index (χ4n) is 0.195. The molecule has 0 rings (SSSR count). The van der Waals surface area contributed by atoms with Gasteiger partial charge in [0.05, 0.1) is 6.61 Å². The molecule has 1 unspecified atom stereocenters. The predicted octanol–water partition coefficient (Wildman–Crippen LogP) is -0.797. The van der Waals surface area contributed by atoms with Crippen LogP contribution < -0.4 is 5.73 Å². The summed E-state index contributed by atoms with van der Waals surface area (Å²) in [4.78, 5) is 0. The van der Waals surface area contributed by atoms with Crippen LogP contribution in [-0.4, -0.2) is 24.5 Å². The first kappa shape index (κ1) is 6.59. The lowest BCUT2D eigenvalue weighted by Crippen LogP contribution is -2.18. The van der Waals surface area contributed by atoms with Crippen LogP contribution >= 0.6 is 0 Å². The van der Waals surface area contributed by atoms with E-state index in [1.807, 2.05) is 0 Å². The molecule has 0 aromatic rings. The minimum Gasteiger partial charge on any atom is -0.396 e. The van der Waals surface area contributed by atoms with Gasteiger partial charge in [0.2, 0.25) is 0 Å². The van der Waals surface area contributed by atoms with Gasteiger partial charge in [-0.15, -0.1) is 0 Å². The van der Waals surface area contributed by atoms with Gasteiger partial charge in [0, 0.05) is 18.7 Å². The summed E-state index contributed by atoms with van der Waals surface area (Å²) in [7, 11) is 0. The Morgan fingerprint density at radius 2 is 2.43 bits per heavy atom. The third-order valence-corrected chi connectivity index (χ3v) is 0.773. The van der Waals surface area contributed by atoms with Crippen molar-refractivity contribution in [1.82, 2.24) is 0 Å². The second kappa shape index (κ2) is 3.77. The van der Waals surface area contributed by atoms with E-state index in [9.17, 15) is 0 Å². The zero-order valence-corrected chi connectivity index (χ0v) is 4.09. The lowest BCUT2D eigenvalue weighted by Gasteiger charge is -1.99. The Labute approximate surface area is 42.7 Å². The molecule has 0 saturated heterocycles. The molecule has 0 spiro atoms. The Hall–Kier alpha value is -0.410. The maximum absolute atomic E-state index is 8.29. The zero-order chi connectivity index (χ0) is 5.70. The Morgan fingerprint density at radius 3 is 2.43 bits per heavy atom. The number of nitrogens with two attached hydrogens (primary N) is 1. The molecule has 0 bridgehead atoms. The van der Waals surface area contributed by atoms with E-state index in [0.717, 1.165) is 6.21 Å². The predicted molar refractivity (Wildman–Crippen MR) is 28.4 cm³/mol. The van der Waals surface area contributed by atoms with Gasteiger partial charge in [-0.25, -0.2) is 0 Å². The van der Waals surface area contributed by atoms with Crippen LogP contribution in [0.2, 0.25) is 0 Å². The van der Waals surface area contributed by atoms with Crippen molar-refractivity contribution >= 4 is 6.21 Å². The first-order valence-corrected chi connectivity index (χ1v) is 2.16. The molecule has 1 atom stereocenters. The van der Waals surface area contributed by atoms with E-state index in [1.54, 1.807) is 0 Å². The molecular formula is C4H10N2O. The number of rotatable bonds is 3. The standard InChI is InChI=1S/C4H10N2O/c5-1-4(2-6)3-7/h1,4-5,7H,2-3,6H2. The fourth-order valence-corrected chi connectivity index (χ4v) is 0.195. The Kier molecular flexibility index (Phi) is 3.55. The molecule has 0 fully saturated rings. The van der Waals surface area contributed by atoms with Crippen molar-refractivity contribution in [1.29, 1.82) is 5.41 Å². The normalized spacial score (nSPS) is 13.4. The fraction of sp³-hybridized carbons (Fsp3) is 0.750. The van der Waals surface area contributed by atoms with E-state index in [1.165, 1.54) is 0 Å². The second-order valence-corrected chi connectivity index (χ2v) is 1.35. The minimum absolute atomic E-state index is 0.0139. The number of hydrogen-bond donors (Lipinski definition) is 3. The van der Waals surface area contributed by atoms with Gasteiger partial charge in [-0.3, -0.25) is 0 Å². The van der Waals surface area contributed by atoms with Gasteiger partial charge in [-0.2, -0.15) is 0 Å². The molecule has 0 amide bonds. The van der Waals surface area contributed by atoms with Crippen molar-refractivity contribution in [3.8, 4) is 0 Å². The summed E-state index contributed by atoms with van der Waals surface area (Å²) in [6.45, 7) is 0.347. The van der Waals surface area contributed by atoms with Crippen molar-refractivity contribution in [2.75, 3.05) is 13.2 Å². The smallest absolute Gasteiger partial charge is 0.0520 e. The monoisotopic (exact) mass is 102 g/mol. The van der Waals surface area contributed by atoms with E-state index in [2.05, 4.69) is 0 Å². The molecule has 3 nitrogen and oxygen atoms in total. The van der Waals surface area contributed by atoms with Gasteiger partial charge in [0.15, 0.2) is 0 Å². The minimum atomic E-state index is -0.139. The van der Waals surface area contributed by atoms with Crippen LogP contribution in [-0.2, 0) is 0 Å². The van der Waals surface area contributed by atoms with Crippen molar-refractivity contribution in [3.63, 3.8) is 0 Å². The van der Waals surface area contributed by atoms with Gasteiger partial charge in [0.25, 0.3) is 0 Å². The number of aliphatic hydroxyl groups is 1. The van der Waals surface area contributed by atoms with Crippen molar-refractivity contribution in [2.45, 2.75) is 0 Å². The Bertz CT molecular complexity index is 51.7. The van der Waals surface area contributed by atoms with E-state index in [-0.39, 0.29) is 12.5 Å². The van der Waals surface area contributed by atoms with Gasteiger partial charge >= 0.3 is 0 Å². The summed E-state index contributed by atoms with van der Waals surface area (Å²) in [6.07, 6.45) is 1.15. The zero-order valence-electron chi connectivity index (χ0n) is 4.09. The Balaban J connectivity index is 3.16. The molecule has 0 aliphatic rings. The SMILES string of the molecule is N=CC(CN)CO. The summed E-state index contributed by atoms with van der Waals surface area (Å²) in [5.74, 6) is -0.139. The third kappa shape index (κ3) is 2.31. The highest BCUT2D eigenvalue weighted by atomic mass is 16.3. The van der Waals surface area contributed by atoms with Crippen LogP contribution in [0.4, 0.5) is 0 Å². The maximum Gasteiger partial charge on any atom is 0.0520 e. The molecule has 0 heterocycles.